The van der Waals surface area contributed by atoms with Crippen molar-refractivity contribution in [1.82, 2.24) is 9.80 Å². The Labute approximate surface area is 141 Å². The van der Waals surface area contributed by atoms with Gasteiger partial charge in [0.25, 0.3) is 0 Å². The molecule has 0 radical (unpaired) electrons. The normalized spacial score (nSPS) is 17.7. The summed E-state index contributed by atoms with van der Waals surface area (Å²) in [5, 5.41) is 2.17. The van der Waals surface area contributed by atoms with Crippen molar-refractivity contribution >= 4 is 17.2 Å². The van der Waals surface area contributed by atoms with Crippen molar-refractivity contribution in [1.29, 1.82) is 0 Å². The Bertz CT molecular complexity index is 678. The number of hydrogen-bond acceptors (Lipinski definition) is 3. The van der Waals surface area contributed by atoms with Crippen LogP contribution in [0.3, 0.4) is 0 Å². The van der Waals surface area contributed by atoms with Crippen LogP contribution in [-0.4, -0.2) is 34.8 Å². The molecule has 4 rings (SSSR count). The maximum Gasteiger partial charge on any atom is 0.237 e. The van der Waals surface area contributed by atoms with Crippen molar-refractivity contribution in [2.75, 3.05) is 13.1 Å². The minimum absolute atomic E-state index is 0.287. The summed E-state index contributed by atoms with van der Waals surface area (Å²) in [4.78, 5) is 18.7. The lowest BCUT2D eigenvalue weighted by atomic mass is 10.1. The van der Waals surface area contributed by atoms with E-state index < -0.39 is 0 Å². The van der Waals surface area contributed by atoms with Crippen LogP contribution in [0, 0.1) is 0 Å². The molecule has 0 bridgehead atoms. The van der Waals surface area contributed by atoms with Crippen LogP contribution in [0.15, 0.2) is 41.8 Å². The van der Waals surface area contributed by atoms with Crippen LogP contribution in [0.4, 0.5) is 0 Å². The number of benzene rings is 1. The summed E-state index contributed by atoms with van der Waals surface area (Å²) in [5.74, 6) is 0.287. The maximum atomic E-state index is 12.8. The molecule has 2 heterocycles. The molecule has 2 aliphatic rings. The third-order valence-electron chi connectivity index (χ3n) is 4.75. The zero-order valence-electron chi connectivity index (χ0n) is 13.3. The summed E-state index contributed by atoms with van der Waals surface area (Å²) in [5.41, 5.74) is 2.64. The Kier molecular flexibility index (Phi) is 4.19. The molecule has 1 saturated carbocycles. The highest BCUT2D eigenvalue weighted by Gasteiger charge is 2.33. The van der Waals surface area contributed by atoms with E-state index in [-0.39, 0.29) is 5.91 Å². The SMILES string of the molecule is O=C(CN1CCc2sccc2C1)N(Cc1ccccc1)C1CC1. The van der Waals surface area contributed by atoms with E-state index in [0.717, 1.165) is 38.9 Å². The van der Waals surface area contributed by atoms with E-state index in [1.165, 1.54) is 16.0 Å². The molecule has 23 heavy (non-hydrogen) atoms. The lowest BCUT2D eigenvalue weighted by Crippen LogP contribution is -2.42. The van der Waals surface area contributed by atoms with Gasteiger partial charge >= 0.3 is 0 Å². The fraction of sp³-hybridized carbons (Fsp3) is 0.421. The zero-order valence-corrected chi connectivity index (χ0v) is 14.1. The van der Waals surface area contributed by atoms with Crippen LogP contribution >= 0.6 is 11.3 Å². The topological polar surface area (TPSA) is 23.6 Å². The van der Waals surface area contributed by atoms with Crippen molar-refractivity contribution in [2.24, 2.45) is 0 Å². The van der Waals surface area contributed by atoms with Gasteiger partial charge in [-0.1, -0.05) is 30.3 Å². The summed E-state index contributed by atoms with van der Waals surface area (Å²) < 4.78 is 0. The average molecular weight is 326 g/mol. The van der Waals surface area contributed by atoms with Crippen LogP contribution in [0.2, 0.25) is 0 Å². The van der Waals surface area contributed by atoms with Gasteiger partial charge in [0.15, 0.2) is 0 Å². The number of thiophene rings is 1. The van der Waals surface area contributed by atoms with Gasteiger partial charge in [-0.3, -0.25) is 9.69 Å². The Hall–Kier alpha value is -1.65. The van der Waals surface area contributed by atoms with Crippen LogP contribution in [0.1, 0.15) is 28.8 Å². The third-order valence-corrected chi connectivity index (χ3v) is 5.77. The van der Waals surface area contributed by atoms with Crippen LogP contribution in [-0.2, 0) is 24.3 Å². The molecule has 0 N–H and O–H groups in total. The maximum absolute atomic E-state index is 12.8. The van der Waals surface area contributed by atoms with E-state index in [0.29, 0.717) is 12.6 Å². The highest BCUT2D eigenvalue weighted by atomic mass is 32.1. The molecule has 120 valence electrons. The summed E-state index contributed by atoms with van der Waals surface area (Å²) >= 11 is 1.85. The predicted octanol–water partition coefficient (Wildman–Crippen LogP) is 3.30. The molecule has 1 aliphatic heterocycles. The molecule has 0 saturated heterocycles. The summed E-state index contributed by atoms with van der Waals surface area (Å²) in [6.07, 6.45) is 3.41. The summed E-state index contributed by atoms with van der Waals surface area (Å²) in [7, 11) is 0. The highest BCUT2D eigenvalue weighted by molar-refractivity contribution is 7.10. The van der Waals surface area contributed by atoms with Gasteiger partial charge in [-0.25, -0.2) is 0 Å². The van der Waals surface area contributed by atoms with Crippen LogP contribution in [0.5, 0.6) is 0 Å². The fourth-order valence-electron chi connectivity index (χ4n) is 3.31. The van der Waals surface area contributed by atoms with Gasteiger partial charge in [-0.2, -0.15) is 0 Å². The molecular weight excluding hydrogens is 304 g/mol. The van der Waals surface area contributed by atoms with Crippen LogP contribution in [0.25, 0.3) is 0 Å². The average Bonchev–Trinajstić information content (AvgIpc) is 3.30. The molecule has 1 aromatic carbocycles. The largest absolute Gasteiger partial charge is 0.334 e. The standard InChI is InChI=1S/C19H22N2OS/c22-19(14-20-10-8-18-16(13-20)9-11-23-18)21(17-6-7-17)12-15-4-2-1-3-5-15/h1-5,9,11,17H,6-8,10,12-14H2. The first kappa shape index (κ1) is 14.9. The second-order valence-electron chi connectivity index (χ2n) is 6.57. The molecule has 1 aliphatic carbocycles. The molecule has 1 aromatic heterocycles. The van der Waals surface area contributed by atoms with E-state index in [1.54, 1.807) is 0 Å². The first-order valence-electron chi connectivity index (χ1n) is 8.40. The summed E-state index contributed by atoms with van der Waals surface area (Å²) in [6.45, 7) is 3.23. The minimum Gasteiger partial charge on any atom is -0.334 e. The second-order valence-corrected chi connectivity index (χ2v) is 7.57. The number of carbonyl (C=O) groups excluding carboxylic acids is 1. The molecule has 2 aromatic rings. The van der Waals surface area contributed by atoms with Crippen molar-refractivity contribution in [3.05, 3.63) is 57.8 Å². The Balaban J connectivity index is 1.40. The second kappa shape index (κ2) is 6.46. The fourth-order valence-corrected chi connectivity index (χ4v) is 4.20. The Morgan fingerprint density at radius 1 is 1.22 bits per heavy atom. The first-order chi connectivity index (χ1) is 11.3. The smallest absolute Gasteiger partial charge is 0.237 e. The lowest BCUT2D eigenvalue weighted by molar-refractivity contribution is -0.133. The Morgan fingerprint density at radius 3 is 2.83 bits per heavy atom. The number of nitrogens with zero attached hydrogens (tertiary/aromatic N) is 2. The van der Waals surface area contributed by atoms with E-state index >= 15 is 0 Å². The van der Waals surface area contributed by atoms with Gasteiger partial charge in [0.2, 0.25) is 5.91 Å². The number of carbonyl (C=O) groups is 1. The summed E-state index contributed by atoms with van der Waals surface area (Å²) in [6, 6.07) is 13.0. The van der Waals surface area contributed by atoms with Crippen molar-refractivity contribution < 1.29 is 4.79 Å². The molecular formula is C19H22N2OS. The highest BCUT2D eigenvalue weighted by Crippen LogP contribution is 2.29. The number of amides is 1. The molecule has 0 atom stereocenters. The number of fused-ring (bicyclic) bond motifs is 1. The predicted molar refractivity (Wildman–Crippen MR) is 93.3 cm³/mol. The van der Waals surface area contributed by atoms with Gasteiger partial charge in [-0.15, -0.1) is 11.3 Å². The van der Waals surface area contributed by atoms with Crippen LogP contribution < -0.4 is 0 Å². The van der Waals surface area contributed by atoms with E-state index in [1.807, 2.05) is 29.5 Å². The first-order valence-corrected chi connectivity index (χ1v) is 9.28. The van der Waals surface area contributed by atoms with Gasteiger partial charge in [0.05, 0.1) is 6.54 Å². The van der Waals surface area contributed by atoms with Gasteiger partial charge < -0.3 is 4.90 Å². The minimum atomic E-state index is 0.287. The molecule has 0 unspecified atom stereocenters. The zero-order chi connectivity index (χ0) is 15.6. The molecule has 0 spiro atoms. The third kappa shape index (κ3) is 3.48. The van der Waals surface area contributed by atoms with E-state index in [4.69, 9.17) is 0 Å². The number of rotatable bonds is 5. The number of hydrogen-bond donors (Lipinski definition) is 0. The van der Waals surface area contributed by atoms with Gasteiger partial charge in [0.1, 0.15) is 0 Å². The monoisotopic (exact) mass is 326 g/mol. The molecule has 1 amide bonds. The van der Waals surface area contributed by atoms with E-state index in [2.05, 4.69) is 33.4 Å². The molecule has 4 heteroatoms. The van der Waals surface area contributed by atoms with Crippen molar-refractivity contribution in [3.63, 3.8) is 0 Å². The molecule has 3 nitrogen and oxygen atoms in total. The molecule has 1 fully saturated rings. The van der Waals surface area contributed by atoms with Crippen molar-refractivity contribution in [3.8, 4) is 0 Å². The van der Waals surface area contributed by atoms with E-state index in [9.17, 15) is 4.79 Å². The Morgan fingerprint density at radius 2 is 2.04 bits per heavy atom. The van der Waals surface area contributed by atoms with Crippen molar-refractivity contribution in [2.45, 2.75) is 38.4 Å². The lowest BCUT2D eigenvalue weighted by Gasteiger charge is -2.30. The van der Waals surface area contributed by atoms with Gasteiger partial charge in [0, 0.05) is 30.6 Å². The quantitative estimate of drug-likeness (QED) is 0.842. The van der Waals surface area contributed by atoms with Gasteiger partial charge in [-0.05, 0) is 41.8 Å².